The molecule has 2 aliphatic heterocycles. The lowest BCUT2D eigenvalue weighted by Gasteiger charge is -2.33. The van der Waals surface area contributed by atoms with E-state index >= 15 is 0 Å². The standard InChI is InChI=1S/C33H44O5/c1-30(2,3)19-13-21(37-25(15-19)32(7,8)9)17-23-27(34)24(29(36)28(23)35)18-22-14-20(31(4,5)6)16-26(38-22)33(10,11)12/h13-18,21-22H,1-12H3. The van der Waals surface area contributed by atoms with Crippen LogP contribution in [-0.2, 0) is 9.47 Å². The van der Waals surface area contributed by atoms with Crippen molar-refractivity contribution >= 4 is 12.2 Å². The fraction of sp³-hybridized carbons (Fsp3) is 0.545. The second-order valence-electron chi connectivity index (χ2n) is 14.6. The Labute approximate surface area is 226 Å². The van der Waals surface area contributed by atoms with Gasteiger partial charge >= 0.3 is 0 Å². The monoisotopic (exact) mass is 520 g/mol. The van der Waals surface area contributed by atoms with Crippen molar-refractivity contribution in [3.05, 3.63) is 88.1 Å². The van der Waals surface area contributed by atoms with E-state index in [-0.39, 0.29) is 32.1 Å². The third kappa shape index (κ3) is 6.36. The van der Waals surface area contributed by atoms with Crippen molar-refractivity contribution in [3.63, 3.8) is 0 Å². The summed E-state index contributed by atoms with van der Waals surface area (Å²) in [6.45, 7) is 24.9. The average molecular weight is 521 g/mol. The Morgan fingerprint density at radius 2 is 0.842 bits per heavy atom. The predicted molar refractivity (Wildman–Crippen MR) is 156 cm³/mol. The maximum Gasteiger partial charge on any atom is 0.237 e. The van der Waals surface area contributed by atoms with Crippen molar-refractivity contribution in [2.75, 3.05) is 0 Å². The van der Waals surface area contributed by atoms with Crippen LogP contribution in [0.1, 0.15) is 83.1 Å². The minimum atomic E-state index is -0.801. The van der Waals surface area contributed by atoms with Crippen LogP contribution in [0.5, 0.6) is 0 Å². The average Bonchev–Trinajstić information content (AvgIpc) is 2.94. The normalized spacial score (nSPS) is 22.3. The molecule has 1 aromatic rings. The van der Waals surface area contributed by atoms with E-state index in [1.807, 2.05) is 24.3 Å². The highest BCUT2D eigenvalue weighted by atomic mass is 16.5. The Morgan fingerprint density at radius 3 is 1.11 bits per heavy atom. The molecule has 2 aliphatic rings. The molecule has 0 N–H and O–H groups in total. The van der Waals surface area contributed by atoms with E-state index in [1.54, 1.807) is 0 Å². The summed E-state index contributed by atoms with van der Waals surface area (Å²) >= 11 is 0. The van der Waals surface area contributed by atoms with Crippen LogP contribution in [0.25, 0.3) is 12.2 Å². The van der Waals surface area contributed by atoms with Gasteiger partial charge in [0.15, 0.2) is 0 Å². The molecule has 0 aliphatic carbocycles. The topological polar surface area (TPSA) is 69.7 Å². The maximum atomic E-state index is 13.4. The van der Waals surface area contributed by atoms with Gasteiger partial charge in [-0.15, -0.1) is 0 Å². The zero-order valence-electron chi connectivity index (χ0n) is 25.2. The van der Waals surface area contributed by atoms with Crippen LogP contribution >= 0.6 is 0 Å². The third-order valence-corrected chi connectivity index (χ3v) is 6.84. The van der Waals surface area contributed by atoms with Crippen molar-refractivity contribution < 1.29 is 9.47 Å². The van der Waals surface area contributed by atoms with Gasteiger partial charge in [-0.25, -0.2) is 0 Å². The molecule has 0 saturated carbocycles. The zero-order valence-corrected chi connectivity index (χ0v) is 25.2. The Kier molecular flexibility index (Phi) is 7.53. The number of hydrogen-bond donors (Lipinski definition) is 0. The van der Waals surface area contributed by atoms with E-state index < -0.39 is 28.5 Å². The Morgan fingerprint density at radius 1 is 0.526 bits per heavy atom. The van der Waals surface area contributed by atoms with E-state index in [1.165, 1.54) is 12.2 Å². The molecule has 5 heteroatoms. The van der Waals surface area contributed by atoms with Gasteiger partial charge in [-0.05, 0) is 58.4 Å². The summed E-state index contributed by atoms with van der Waals surface area (Å²) in [4.78, 5) is 39.4. The Hall–Kier alpha value is -2.95. The second-order valence-corrected chi connectivity index (χ2v) is 14.6. The van der Waals surface area contributed by atoms with Gasteiger partial charge < -0.3 is 9.47 Å². The van der Waals surface area contributed by atoms with Crippen LogP contribution in [0.15, 0.2) is 61.4 Å². The summed E-state index contributed by atoms with van der Waals surface area (Å²) in [6.07, 6.45) is 9.61. The van der Waals surface area contributed by atoms with E-state index in [4.69, 9.17) is 9.47 Å². The van der Waals surface area contributed by atoms with E-state index in [2.05, 4.69) is 83.1 Å². The lowest BCUT2D eigenvalue weighted by Crippen LogP contribution is -2.39. The predicted octanol–water partition coefficient (Wildman–Crippen LogP) is 4.81. The molecule has 0 bridgehead atoms. The number of allylic oxidation sites excluding steroid dienone is 6. The Bertz CT molecular complexity index is 1380. The van der Waals surface area contributed by atoms with Crippen LogP contribution in [0, 0.1) is 21.7 Å². The first kappa shape index (κ1) is 29.6. The summed E-state index contributed by atoms with van der Waals surface area (Å²) in [5.41, 5.74) is -0.929. The largest absolute Gasteiger partial charge is 0.486 e. The van der Waals surface area contributed by atoms with E-state index in [9.17, 15) is 14.4 Å². The summed E-state index contributed by atoms with van der Waals surface area (Å²) in [6, 6.07) is 0. The first-order valence-electron chi connectivity index (χ1n) is 13.4. The van der Waals surface area contributed by atoms with Gasteiger partial charge in [-0.3, -0.25) is 14.4 Å². The van der Waals surface area contributed by atoms with Crippen LogP contribution in [0.3, 0.4) is 0 Å². The quantitative estimate of drug-likeness (QED) is 0.524. The molecule has 0 amide bonds. The van der Waals surface area contributed by atoms with Crippen molar-refractivity contribution in [1.82, 2.24) is 0 Å². The molecule has 3 rings (SSSR count). The molecule has 1 aromatic carbocycles. The second kappa shape index (κ2) is 9.66. The minimum absolute atomic E-state index is 0.145. The molecule has 2 heterocycles. The van der Waals surface area contributed by atoms with Gasteiger partial charge in [0, 0.05) is 10.8 Å². The van der Waals surface area contributed by atoms with Crippen LogP contribution < -0.4 is 26.7 Å². The number of ether oxygens (including phenoxy) is 2. The molecule has 2 atom stereocenters. The smallest absolute Gasteiger partial charge is 0.237 e. The lowest BCUT2D eigenvalue weighted by atomic mass is 9.81. The van der Waals surface area contributed by atoms with Crippen molar-refractivity contribution in [3.8, 4) is 0 Å². The van der Waals surface area contributed by atoms with Gasteiger partial charge in [0.25, 0.3) is 0 Å². The van der Waals surface area contributed by atoms with Gasteiger partial charge in [0.2, 0.25) is 16.3 Å². The first-order valence-corrected chi connectivity index (χ1v) is 13.4. The van der Waals surface area contributed by atoms with Gasteiger partial charge in [-0.1, -0.05) is 83.1 Å². The molecule has 0 saturated heterocycles. The fourth-order valence-electron chi connectivity index (χ4n) is 4.27. The van der Waals surface area contributed by atoms with Crippen molar-refractivity contribution in [1.29, 1.82) is 0 Å². The highest BCUT2D eigenvalue weighted by Gasteiger charge is 2.30. The maximum absolute atomic E-state index is 13.4. The molecular formula is C33H44O5. The molecule has 0 aromatic heterocycles. The molecule has 0 radical (unpaired) electrons. The molecule has 206 valence electrons. The summed E-state index contributed by atoms with van der Waals surface area (Å²) < 4.78 is 12.4. The van der Waals surface area contributed by atoms with Gasteiger partial charge in [0.1, 0.15) is 23.7 Å². The van der Waals surface area contributed by atoms with E-state index in [0.717, 1.165) is 22.7 Å². The molecular weight excluding hydrogens is 476 g/mol. The Balaban J connectivity index is 2.16. The molecule has 38 heavy (non-hydrogen) atoms. The number of rotatable bonds is 2. The highest BCUT2D eigenvalue weighted by molar-refractivity contribution is 5.45. The van der Waals surface area contributed by atoms with Crippen molar-refractivity contribution in [2.24, 2.45) is 21.7 Å². The summed E-state index contributed by atoms with van der Waals surface area (Å²) in [5.74, 6) is 1.53. The highest BCUT2D eigenvalue weighted by Crippen LogP contribution is 2.38. The van der Waals surface area contributed by atoms with E-state index in [0.29, 0.717) is 0 Å². The third-order valence-electron chi connectivity index (χ3n) is 6.84. The fourth-order valence-corrected chi connectivity index (χ4v) is 4.27. The molecule has 0 spiro atoms. The van der Waals surface area contributed by atoms with Gasteiger partial charge in [-0.2, -0.15) is 0 Å². The van der Waals surface area contributed by atoms with Crippen molar-refractivity contribution in [2.45, 2.75) is 95.3 Å². The summed E-state index contributed by atoms with van der Waals surface area (Å²) in [5, 5.41) is -0.290. The first-order chi connectivity index (χ1) is 17.1. The minimum Gasteiger partial charge on any atom is -0.486 e. The molecule has 2 unspecified atom stereocenters. The van der Waals surface area contributed by atoms with Gasteiger partial charge in [0.05, 0.1) is 10.4 Å². The van der Waals surface area contributed by atoms with Crippen LogP contribution in [0.4, 0.5) is 0 Å². The van der Waals surface area contributed by atoms with Crippen LogP contribution in [0.2, 0.25) is 0 Å². The molecule has 0 fully saturated rings. The summed E-state index contributed by atoms with van der Waals surface area (Å²) in [7, 11) is 0. The lowest BCUT2D eigenvalue weighted by molar-refractivity contribution is 0.135. The zero-order chi connectivity index (χ0) is 29.0. The molecule has 5 nitrogen and oxygen atoms in total. The number of hydrogen-bond acceptors (Lipinski definition) is 5. The van der Waals surface area contributed by atoms with Crippen LogP contribution in [-0.4, -0.2) is 12.2 Å². The SMILES string of the molecule is CC(C)(C)C1=CC(C=c2c(=O)c(=O)c(=CC3C=C(C(C)(C)C)C=C(C(C)(C)C)O3)c2=O)OC(C(C)(C)C)=C1.